The van der Waals surface area contributed by atoms with Crippen molar-refractivity contribution < 1.29 is 9.90 Å². The summed E-state index contributed by atoms with van der Waals surface area (Å²) < 4.78 is 0. The number of hydrogen-bond donors (Lipinski definition) is 3. The molecule has 5 nitrogen and oxygen atoms in total. The van der Waals surface area contributed by atoms with E-state index in [0.717, 1.165) is 17.7 Å². The van der Waals surface area contributed by atoms with E-state index in [9.17, 15) is 4.79 Å². The normalized spacial score (nSPS) is 13.4. The van der Waals surface area contributed by atoms with E-state index in [1.165, 1.54) is 0 Å². The van der Waals surface area contributed by atoms with E-state index in [2.05, 4.69) is 10.6 Å². The molecule has 2 amide bonds. The molecule has 1 aromatic carbocycles. The highest BCUT2D eigenvalue weighted by Gasteiger charge is 2.23. The Balaban J connectivity index is 2.55. The van der Waals surface area contributed by atoms with Gasteiger partial charge in [0.25, 0.3) is 0 Å². The molecule has 0 fully saturated rings. The molecule has 0 saturated heterocycles. The van der Waals surface area contributed by atoms with Crippen molar-refractivity contribution in [2.24, 2.45) is 0 Å². The average molecular weight is 293 g/mol. The van der Waals surface area contributed by atoms with Gasteiger partial charge in [-0.25, -0.2) is 4.79 Å². The first-order chi connectivity index (χ1) is 9.90. The lowest BCUT2D eigenvalue weighted by Gasteiger charge is -2.29. The first-order valence-corrected chi connectivity index (χ1v) is 7.33. The number of aliphatic hydroxyl groups is 1. The zero-order chi connectivity index (χ0) is 15.9. The minimum absolute atomic E-state index is 0.0650. The second-order valence-corrected chi connectivity index (χ2v) is 5.76. The van der Waals surface area contributed by atoms with Crippen molar-refractivity contribution in [2.45, 2.75) is 38.8 Å². The summed E-state index contributed by atoms with van der Waals surface area (Å²) in [5.41, 5.74) is 1.79. The van der Waals surface area contributed by atoms with Crippen molar-refractivity contribution in [3.63, 3.8) is 0 Å². The smallest absolute Gasteiger partial charge is 0.315 e. The number of aliphatic hydroxyl groups excluding tert-OH is 1. The molecule has 1 unspecified atom stereocenters. The third-order valence-corrected chi connectivity index (χ3v) is 3.74. The van der Waals surface area contributed by atoms with E-state index >= 15 is 0 Å². The van der Waals surface area contributed by atoms with Gasteiger partial charge in [-0.1, -0.05) is 19.1 Å². The van der Waals surface area contributed by atoms with Crippen LogP contribution in [0.25, 0.3) is 0 Å². The lowest BCUT2D eigenvalue weighted by atomic mass is 9.95. The highest BCUT2D eigenvalue weighted by atomic mass is 16.3. The number of carbonyl (C=O) groups excluding carboxylic acids is 1. The van der Waals surface area contributed by atoms with Gasteiger partial charge in [0.05, 0.1) is 0 Å². The third-order valence-electron chi connectivity index (χ3n) is 3.74. The molecule has 21 heavy (non-hydrogen) atoms. The number of benzene rings is 1. The van der Waals surface area contributed by atoms with Crippen LogP contribution in [0.3, 0.4) is 0 Å². The molecule has 0 spiro atoms. The second kappa shape index (κ2) is 7.88. The Labute approximate surface area is 127 Å². The standard InChI is InChI=1S/C16H27N3O2/c1-5-16(2,9-10-20)18-15(21)17-12-13-7-6-8-14(11-13)19(3)4/h6-8,11,20H,5,9-10,12H2,1-4H3,(H2,17,18,21). The zero-order valence-corrected chi connectivity index (χ0v) is 13.4. The summed E-state index contributed by atoms with van der Waals surface area (Å²) in [5, 5.41) is 14.9. The number of carbonyl (C=O) groups is 1. The Kier molecular flexibility index (Phi) is 6.49. The van der Waals surface area contributed by atoms with E-state index in [1.54, 1.807) is 0 Å². The fourth-order valence-electron chi connectivity index (χ4n) is 2.02. The molecule has 0 saturated carbocycles. The summed E-state index contributed by atoms with van der Waals surface area (Å²) in [6.45, 7) is 4.48. The van der Waals surface area contributed by atoms with E-state index in [1.807, 2.05) is 57.1 Å². The van der Waals surface area contributed by atoms with Crippen LogP contribution in [0.5, 0.6) is 0 Å². The maximum atomic E-state index is 12.0. The number of nitrogens with zero attached hydrogens (tertiary/aromatic N) is 1. The summed E-state index contributed by atoms with van der Waals surface area (Å²) >= 11 is 0. The lowest BCUT2D eigenvalue weighted by Crippen LogP contribution is -2.50. The van der Waals surface area contributed by atoms with E-state index in [0.29, 0.717) is 13.0 Å². The molecule has 1 aromatic rings. The highest BCUT2D eigenvalue weighted by molar-refractivity contribution is 5.74. The molecule has 1 atom stereocenters. The zero-order valence-electron chi connectivity index (χ0n) is 13.4. The molecule has 0 radical (unpaired) electrons. The van der Waals surface area contributed by atoms with E-state index < -0.39 is 0 Å². The van der Waals surface area contributed by atoms with Gasteiger partial charge in [-0.2, -0.15) is 0 Å². The van der Waals surface area contributed by atoms with Crippen molar-refractivity contribution in [1.29, 1.82) is 0 Å². The molecule has 0 aliphatic carbocycles. The molecule has 0 aliphatic rings. The van der Waals surface area contributed by atoms with E-state index in [-0.39, 0.29) is 18.2 Å². The molecule has 3 N–H and O–H groups in total. The van der Waals surface area contributed by atoms with Crippen LogP contribution >= 0.6 is 0 Å². The number of rotatable bonds is 7. The lowest BCUT2D eigenvalue weighted by molar-refractivity contribution is 0.200. The Morgan fingerprint density at radius 2 is 2.10 bits per heavy atom. The van der Waals surface area contributed by atoms with Crippen molar-refractivity contribution in [1.82, 2.24) is 10.6 Å². The largest absolute Gasteiger partial charge is 0.396 e. The predicted molar refractivity (Wildman–Crippen MR) is 86.5 cm³/mol. The first-order valence-electron chi connectivity index (χ1n) is 7.33. The van der Waals surface area contributed by atoms with Crippen LogP contribution in [0.15, 0.2) is 24.3 Å². The Hall–Kier alpha value is -1.75. The molecular weight excluding hydrogens is 266 g/mol. The Morgan fingerprint density at radius 1 is 1.38 bits per heavy atom. The predicted octanol–water partition coefficient (Wildman–Crippen LogP) is 2.10. The molecule has 0 bridgehead atoms. The number of nitrogens with one attached hydrogen (secondary N) is 2. The van der Waals surface area contributed by atoms with Gasteiger partial charge in [-0.3, -0.25) is 0 Å². The van der Waals surface area contributed by atoms with Gasteiger partial charge < -0.3 is 20.6 Å². The quantitative estimate of drug-likeness (QED) is 0.721. The van der Waals surface area contributed by atoms with Crippen LogP contribution in [-0.2, 0) is 6.54 Å². The number of amides is 2. The molecule has 0 aromatic heterocycles. The summed E-state index contributed by atoms with van der Waals surface area (Å²) in [5.74, 6) is 0. The van der Waals surface area contributed by atoms with Gasteiger partial charge in [0, 0.05) is 38.5 Å². The summed E-state index contributed by atoms with van der Waals surface area (Å²) in [6.07, 6.45) is 1.32. The Bertz CT molecular complexity index is 463. The highest BCUT2D eigenvalue weighted by Crippen LogP contribution is 2.14. The summed E-state index contributed by atoms with van der Waals surface area (Å²) in [7, 11) is 3.97. The van der Waals surface area contributed by atoms with Crippen molar-refractivity contribution in [3.05, 3.63) is 29.8 Å². The fraction of sp³-hybridized carbons (Fsp3) is 0.562. The van der Waals surface area contributed by atoms with Gasteiger partial charge in [-0.05, 0) is 37.5 Å². The third kappa shape index (κ3) is 5.63. The van der Waals surface area contributed by atoms with E-state index in [4.69, 9.17) is 5.11 Å². The van der Waals surface area contributed by atoms with Crippen molar-refractivity contribution >= 4 is 11.7 Å². The van der Waals surface area contributed by atoms with Gasteiger partial charge in [0.1, 0.15) is 0 Å². The molecule has 0 aliphatic heterocycles. The fourth-order valence-corrected chi connectivity index (χ4v) is 2.02. The van der Waals surface area contributed by atoms with Gasteiger partial charge >= 0.3 is 6.03 Å². The maximum absolute atomic E-state index is 12.0. The van der Waals surface area contributed by atoms with Crippen LogP contribution in [0.1, 0.15) is 32.3 Å². The van der Waals surface area contributed by atoms with Crippen LogP contribution in [0.2, 0.25) is 0 Å². The maximum Gasteiger partial charge on any atom is 0.315 e. The summed E-state index contributed by atoms with van der Waals surface area (Å²) in [6, 6.07) is 7.83. The average Bonchev–Trinajstić information content (AvgIpc) is 2.45. The minimum Gasteiger partial charge on any atom is -0.396 e. The van der Waals surface area contributed by atoms with Crippen LogP contribution in [-0.4, -0.2) is 37.4 Å². The molecule has 0 heterocycles. The number of anilines is 1. The van der Waals surface area contributed by atoms with Gasteiger partial charge in [0.2, 0.25) is 0 Å². The number of urea groups is 1. The molecule has 118 valence electrons. The first kappa shape index (κ1) is 17.3. The SMILES string of the molecule is CCC(C)(CCO)NC(=O)NCc1cccc(N(C)C)c1. The van der Waals surface area contributed by atoms with Gasteiger partial charge in [0.15, 0.2) is 0 Å². The number of hydrogen-bond acceptors (Lipinski definition) is 3. The van der Waals surface area contributed by atoms with Crippen LogP contribution < -0.4 is 15.5 Å². The van der Waals surface area contributed by atoms with Crippen molar-refractivity contribution in [3.8, 4) is 0 Å². The molecule has 5 heteroatoms. The molecule has 1 rings (SSSR count). The Morgan fingerprint density at radius 3 is 2.67 bits per heavy atom. The van der Waals surface area contributed by atoms with Crippen molar-refractivity contribution in [2.75, 3.05) is 25.6 Å². The van der Waals surface area contributed by atoms with Gasteiger partial charge in [-0.15, -0.1) is 0 Å². The van der Waals surface area contributed by atoms with Crippen LogP contribution in [0.4, 0.5) is 10.5 Å². The molecular formula is C16H27N3O2. The summed E-state index contributed by atoms with van der Waals surface area (Å²) in [4.78, 5) is 14.0. The minimum atomic E-state index is -0.371. The van der Waals surface area contributed by atoms with Crippen LogP contribution in [0, 0.1) is 0 Å². The second-order valence-electron chi connectivity index (χ2n) is 5.76. The monoisotopic (exact) mass is 293 g/mol. The topological polar surface area (TPSA) is 64.6 Å².